The van der Waals surface area contributed by atoms with Gasteiger partial charge in [0.05, 0.1) is 11.2 Å². The highest BCUT2D eigenvalue weighted by Gasteiger charge is 2.56. The van der Waals surface area contributed by atoms with E-state index in [1.165, 1.54) is 10.7 Å². The van der Waals surface area contributed by atoms with Crippen LogP contribution in [-0.2, 0) is 47.1 Å². The maximum absolute atomic E-state index is 13.7. The molecule has 2 aliphatic rings. The number of nitrogens with zero attached hydrogens (tertiary/aromatic N) is 6. The molecule has 17 heteroatoms. The van der Waals surface area contributed by atoms with Crippen LogP contribution in [0.25, 0.3) is 10.4 Å². The minimum atomic E-state index is -4.21. The van der Waals surface area contributed by atoms with Gasteiger partial charge in [0.2, 0.25) is 0 Å². The molecular weight excluding hydrogens is 641 g/mol. The summed E-state index contributed by atoms with van der Waals surface area (Å²) in [6.07, 6.45) is 3.02. The van der Waals surface area contributed by atoms with Crippen LogP contribution in [0.2, 0.25) is 32.0 Å². The Labute approximate surface area is 279 Å². The van der Waals surface area contributed by atoms with Gasteiger partial charge in [0.1, 0.15) is 13.3 Å². The number of hydrogen-bond donors (Lipinski definition) is 1. The van der Waals surface area contributed by atoms with Crippen LogP contribution in [-0.4, -0.2) is 80.1 Å². The SMILES string of the molecule is CC1(C)OB(CCC[C@@H]2CN(S(=O)(=O)Nc3ccn(COCC[Si](C)(C)C)n3)C[C@]2(N=[N+]=[N-])C(=O)OCc2ccccc2)OC1(C)C. The Bertz CT molecular complexity index is 1510. The van der Waals surface area contributed by atoms with Gasteiger partial charge in [-0.3, -0.25) is 9.52 Å². The van der Waals surface area contributed by atoms with Gasteiger partial charge in [-0.15, -0.1) is 0 Å². The topological polar surface area (TPSA) is 170 Å². The first-order valence-corrected chi connectivity index (χ1v) is 21.1. The number of anilines is 1. The molecule has 0 amide bonds. The predicted molar refractivity (Wildman–Crippen MR) is 182 cm³/mol. The Morgan fingerprint density at radius 3 is 2.49 bits per heavy atom. The Morgan fingerprint density at radius 2 is 1.85 bits per heavy atom. The molecule has 1 aromatic carbocycles. The first kappa shape index (κ1) is 36.9. The summed E-state index contributed by atoms with van der Waals surface area (Å²) in [7, 11) is -5.91. The number of esters is 1. The fourth-order valence-corrected chi connectivity index (χ4v) is 7.52. The fraction of sp³-hybridized carbons (Fsp3) is 0.667. The van der Waals surface area contributed by atoms with Crippen molar-refractivity contribution in [3.63, 3.8) is 0 Å². The van der Waals surface area contributed by atoms with Crippen molar-refractivity contribution in [1.29, 1.82) is 0 Å². The number of hydrogen-bond acceptors (Lipinski definition) is 9. The molecule has 2 aliphatic heterocycles. The number of ether oxygens (including phenoxy) is 2. The Hall–Kier alpha value is -2.92. The summed E-state index contributed by atoms with van der Waals surface area (Å²) in [4.78, 5) is 16.7. The molecule has 0 aliphatic carbocycles. The van der Waals surface area contributed by atoms with E-state index in [0.29, 0.717) is 25.8 Å². The molecule has 0 unspecified atom stereocenters. The van der Waals surface area contributed by atoms with Crippen LogP contribution in [0.3, 0.4) is 0 Å². The zero-order valence-electron chi connectivity index (χ0n) is 28.5. The van der Waals surface area contributed by atoms with Crippen LogP contribution in [0.1, 0.15) is 46.1 Å². The van der Waals surface area contributed by atoms with Gasteiger partial charge in [0.25, 0.3) is 0 Å². The smallest absolute Gasteiger partial charge is 0.457 e. The van der Waals surface area contributed by atoms with Gasteiger partial charge in [-0.05, 0) is 63.5 Å². The number of carbonyl (C=O) groups excluding carboxylic acids is 1. The Morgan fingerprint density at radius 1 is 1.17 bits per heavy atom. The fourth-order valence-electron chi connectivity index (χ4n) is 5.52. The van der Waals surface area contributed by atoms with E-state index in [1.54, 1.807) is 18.3 Å². The summed E-state index contributed by atoms with van der Waals surface area (Å²) in [6, 6.07) is 11.6. The van der Waals surface area contributed by atoms with E-state index < -0.39 is 54.0 Å². The first-order chi connectivity index (χ1) is 22.0. The summed E-state index contributed by atoms with van der Waals surface area (Å²) in [5.41, 5.74) is 7.60. The van der Waals surface area contributed by atoms with Crippen molar-refractivity contribution in [3.8, 4) is 0 Å². The average molecular weight is 690 g/mol. The van der Waals surface area contributed by atoms with E-state index in [9.17, 15) is 18.7 Å². The lowest BCUT2D eigenvalue weighted by Crippen LogP contribution is -2.46. The van der Waals surface area contributed by atoms with Gasteiger partial charge in [-0.2, -0.15) is 17.8 Å². The summed E-state index contributed by atoms with van der Waals surface area (Å²) in [6.45, 7) is 15.0. The van der Waals surface area contributed by atoms with Crippen LogP contribution < -0.4 is 4.72 Å². The van der Waals surface area contributed by atoms with Crippen LogP contribution in [0.5, 0.6) is 0 Å². The minimum absolute atomic E-state index is 0.0501. The molecule has 2 saturated heterocycles. The molecule has 0 saturated carbocycles. The zero-order chi connectivity index (χ0) is 34.5. The van der Waals surface area contributed by atoms with Gasteiger partial charge >= 0.3 is 23.3 Å². The summed E-state index contributed by atoms with van der Waals surface area (Å²) in [5.74, 6) is -1.35. The van der Waals surface area contributed by atoms with Crippen molar-refractivity contribution in [2.24, 2.45) is 11.0 Å². The second kappa shape index (κ2) is 14.7. The lowest BCUT2D eigenvalue weighted by atomic mass is 9.78. The zero-order valence-corrected chi connectivity index (χ0v) is 30.3. The van der Waals surface area contributed by atoms with Crippen LogP contribution >= 0.6 is 0 Å². The molecule has 2 atom stereocenters. The molecule has 1 aromatic heterocycles. The molecule has 258 valence electrons. The van der Waals surface area contributed by atoms with E-state index in [2.05, 4.69) is 39.5 Å². The monoisotopic (exact) mass is 689 g/mol. The highest BCUT2D eigenvalue weighted by molar-refractivity contribution is 7.90. The summed E-state index contributed by atoms with van der Waals surface area (Å²) in [5, 5.41) is 8.25. The Balaban J connectivity index is 1.48. The van der Waals surface area contributed by atoms with Crippen LogP contribution in [0, 0.1) is 5.92 Å². The summed E-state index contributed by atoms with van der Waals surface area (Å²) >= 11 is 0. The molecule has 3 heterocycles. The van der Waals surface area contributed by atoms with Crippen molar-refractivity contribution in [1.82, 2.24) is 14.1 Å². The van der Waals surface area contributed by atoms with Crippen LogP contribution in [0.15, 0.2) is 47.7 Å². The van der Waals surface area contributed by atoms with Gasteiger partial charge in [0, 0.05) is 44.9 Å². The molecule has 47 heavy (non-hydrogen) atoms. The third kappa shape index (κ3) is 9.37. The van der Waals surface area contributed by atoms with Crippen molar-refractivity contribution in [3.05, 3.63) is 58.6 Å². The number of carbonyl (C=O) groups is 1. The van der Waals surface area contributed by atoms with Crippen molar-refractivity contribution >= 4 is 37.2 Å². The van der Waals surface area contributed by atoms with Crippen molar-refractivity contribution in [2.75, 3.05) is 24.4 Å². The van der Waals surface area contributed by atoms with E-state index in [-0.39, 0.29) is 32.2 Å². The van der Waals surface area contributed by atoms with Gasteiger partial charge < -0.3 is 18.8 Å². The third-order valence-corrected chi connectivity index (χ3v) is 12.2. The van der Waals surface area contributed by atoms with E-state index >= 15 is 0 Å². The highest BCUT2D eigenvalue weighted by atomic mass is 32.2. The lowest BCUT2D eigenvalue weighted by Gasteiger charge is -2.32. The molecular formula is C30H48BN7O7SSi. The number of benzene rings is 1. The average Bonchev–Trinajstić information content (AvgIpc) is 3.64. The first-order valence-electron chi connectivity index (χ1n) is 16.0. The molecule has 4 rings (SSSR count). The molecule has 2 fully saturated rings. The van der Waals surface area contributed by atoms with Crippen LogP contribution in [0.4, 0.5) is 5.82 Å². The highest BCUT2D eigenvalue weighted by Crippen LogP contribution is 2.41. The number of azide groups is 1. The molecule has 0 bridgehead atoms. The van der Waals surface area contributed by atoms with E-state index in [0.717, 1.165) is 15.9 Å². The molecule has 2 aromatic rings. The third-order valence-electron chi connectivity index (χ3n) is 9.03. The van der Waals surface area contributed by atoms with Gasteiger partial charge in [-0.25, -0.2) is 4.68 Å². The lowest BCUT2D eigenvalue weighted by molar-refractivity contribution is -0.152. The van der Waals surface area contributed by atoms with E-state index in [4.69, 9.17) is 18.8 Å². The maximum atomic E-state index is 13.7. The Kier molecular flexibility index (Phi) is 11.5. The van der Waals surface area contributed by atoms with E-state index in [1.807, 2.05) is 45.9 Å². The molecule has 0 spiro atoms. The number of rotatable bonds is 16. The van der Waals surface area contributed by atoms with Gasteiger partial charge in [0.15, 0.2) is 11.4 Å². The number of nitrogens with one attached hydrogen (secondary N) is 1. The second-order valence-corrected chi connectivity index (χ2v) is 21.8. The predicted octanol–water partition coefficient (Wildman–Crippen LogP) is 5.45. The standard InChI is InChI=1S/C30H48BN7O7SSi/c1-28(2)29(3,4)45-31(44-28)16-11-14-25-20-38(22-30(25,35-36-32)27(39)43-21-24-12-9-8-10-13-24)46(40,41)34-26-15-17-37(33-26)23-42-18-19-47(5,6)7/h8-10,12-13,15,17,25H,11,14,16,18-23H2,1-7H3,(H,33,34)/t25-,30-/m1/s1. The molecule has 14 nitrogen and oxygen atoms in total. The maximum Gasteiger partial charge on any atom is 0.457 e. The van der Waals surface area contributed by atoms with Gasteiger partial charge in [-0.1, -0.05) is 61.5 Å². The molecule has 0 radical (unpaired) electrons. The largest absolute Gasteiger partial charge is 0.460 e. The number of aromatic nitrogens is 2. The molecule has 1 N–H and O–H groups in total. The summed E-state index contributed by atoms with van der Waals surface area (Å²) < 4.78 is 56.1. The normalized spacial score (nSPS) is 22.6. The minimum Gasteiger partial charge on any atom is -0.460 e. The second-order valence-electron chi connectivity index (χ2n) is 14.5. The van der Waals surface area contributed by atoms with Crippen molar-refractivity contribution < 1.29 is 32.0 Å². The quantitative estimate of drug-likeness (QED) is 0.0606. The van der Waals surface area contributed by atoms with Crippen molar-refractivity contribution in [2.45, 2.75) is 103 Å².